The maximum absolute atomic E-state index is 5.63. The summed E-state index contributed by atoms with van der Waals surface area (Å²) in [5, 5.41) is 3.41. The van der Waals surface area contributed by atoms with Crippen molar-refractivity contribution >= 4 is 15.9 Å². The number of aromatic nitrogens is 1. The van der Waals surface area contributed by atoms with E-state index >= 15 is 0 Å². The molecule has 0 amide bonds. The van der Waals surface area contributed by atoms with Crippen LogP contribution in [0.5, 0.6) is 0 Å². The zero-order chi connectivity index (χ0) is 12.3. The molecule has 0 aliphatic heterocycles. The molecule has 0 fully saturated rings. The molecular weight excluding hydrogens is 280 g/mol. The van der Waals surface area contributed by atoms with Crippen LogP contribution in [0.1, 0.15) is 29.9 Å². The molecule has 2 heterocycles. The Morgan fingerprint density at radius 1 is 1.41 bits per heavy atom. The Hall–Kier alpha value is -1.13. The monoisotopic (exact) mass is 294 g/mol. The van der Waals surface area contributed by atoms with Crippen molar-refractivity contribution in [3.63, 3.8) is 0 Å². The molecule has 0 aliphatic rings. The van der Waals surface area contributed by atoms with E-state index in [0.717, 1.165) is 22.5 Å². The van der Waals surface area contributed by atoms with E-state index in [2.05, 4.69) is 40.1 Å². The summed E-state index contributed by atoms with van der Waals surface area (Å²) in [6.07, 6.45) is 3.69. The van der Waals surface area contributed by atoms with Gasteiger partial charge in [-0.1, -0.05) is 6.92 Å². The summed E-state index contributed by atoms with van der Waals surface area (Å²) in [7, 11) is 0. The maximum Gasteiger partial charge on any atom is 0.169 e. The van der Waals surface area contributed by atoms with Crippen LogP contribution in [0, 0.1) is 6.92 Å². The number of hydrogen-bond acceptors (Lipinski definition) is 3. The molecule has 2 aromatic rings. The second-order valence-corrected chi connectivity index (χ2v) is 4.65. The zero-order valence-electron chi connectivity index (χ0n) is 9.90. The number of hydrogen-bond donors (Lipinski definition) is 1. The van der Waals surface area contributed by atoms with E-state index in [9.17, 15) is 0 Å². The van der Waals surface area contributed by atoms with E-state index in [4.69, 9.17) is 4.42 Å². The fourth-order valence-electron chi connectivity index (χ4n) is 1.83. The Balaban J connectivity index is 2.39. The van der Waals surface area contributed by atoms with Gasteiger partial charge in [0.05, 0.1) is 6.04 Å². The minimum absolute atomic E-state index is 0.0556. The van der Waals surface area contributed by atoms with Gasteiger partial charge in [-0.3, -0.25) is 4.98 Å². The molecule has 90 valence electrons. The first kappa shape index (κ1) is 12.3. The molecule has 2 aromatic heterocycles. The third kappa shape index (κ3) is 2.76. The van der Waals surface area contributed by atoms with E-state index in [-0.39, 0.29) is 6.04 Å². The molecular formula is C13H15BrN2O. The van der Waals surface area contributed by atoms with E-state index in [1.807, 2.05) is 24.4 Å². The molecule has 1 N–H and O–H groups in total. The summed E-state index contributed by atoms with van der Waals surface area (Å²) in [6.45, 7) is 5.04. The summed E-state index contributed by atoms with van der Waals surface area (Å²) in [4.78, 5) is 4.19. The summed E-state index contributed by atoms with van der Waals surface area (Å²) in [6, 6.07) is 5.95. The first-order chi connectivity index (χ1) is 8.22. The largest absolute Gasteiger partial charge is 0.452 e. The van der Waals surface area contributed by atoms with E-state index < -0.39 is 0 Å². The Kier molecular flexibility index (Phi) is 3.97. The van der Waals surface area contributed by atoms with Crippen molar-refractivity contribution in [1.29, 1.82) is 0 Å². The summed E-state index contributed by atoms with van der Waals surface area (Å²) in [5.74, 6) is 0.898. The number of rotatable bonds is 4. The lowest BCUT2D eigenvalue weighted by Crippen LogP contribution is -2.22. The molecule has 0 aliphatic carbocycles. The average molecular weight is 295 g/mol. The quantitative estimate of drug-likeness (QED) is 0.939. The second kappa shape index (κ2) is 5.47. The van der Waals surface area contributed by atoms with Gasteiger partial charge < -0.3 is 9.73 Å². The van der Waals surface area contributed by atoms with Crippen LogP contribution in [0.2, 0.25) is 0 Å². The highest BCUT2D eigenvalue weighted by atomic mass is 79.9. The molecule has 0 aromatic carbocycles. The van der Waals surface area contributed by atoms with Gasteiger partial charge >= 0.3 is 0 Å². The predicted molar refractivity (Wildman–Crippen MR) is 70.9 cm³/mol. The topological polar surface area (TPSA) is 38.1 Å². The lowest BCUT2D eigenvalue weighted by molar-refractivity contribution is 0.436. The Morgan fingerprint density at radius 3 is 2.82 bits per heavy atom. The van der Waals surface area contributed by atoms with Gasteiger partial charge in [0, 0.05) is 12.4 Å². The van der Waals surface area contributed by atoms with Crippen molar-refractivity contribution in [1.82, 2.24) is 10.3 Å². The predicted octanol–water partition coefficient (Wildman–Crippen LogP) is 3.44. The molecule has 0 spiro atoms. The smallest absolute Gasteiger partial charge is 0.169 e. The minimum atomic E-state index is 0.0556. The van der Waals surface area contributed by atoms with Crippen molar-refractivity contribution < 1.29 is 4.42 Å². The van der Waals surface area contributed by atoms with Crippen molar-refractivity contribution in [2.45, 2.75) is 19.9 Å². The fraction of sp³-hybridized carbons (Fsp3) is 0.308. The van der Waals surface area contributed by atoms with E-state index in [0.29, 0.717) is 0 Å². The molecule has 0 radical (unpaired) electrons. The van der Waals surface area contributed by atoms with E-state index in [1.54, 1.807) is 6.20 Å². The number of aryl methyl sites for hydroxylation is 1. The molecule has 3 nitrogen and oxygen atoms in total. The SMILES string of the molecule is CCNC(c1ccc(Br)o1)c1cnccc1C. The Labute approximate surface area is 109 Å². The van der Waals surface area contributed by atoms with Gasteiger partial charge in [0.2, 0.25) is 0 Å². The van der Waals surface area contributed by atoms with Gasteiger partial charge in [-0.2, -0.15) is 0 Å². The molecule has 4 heteroatoms. The van der Waals surface area contributed by atoms with Gasteiger partial charge in [0.1, 0.15) is 5.76 Å². The van der Waals surface area contributed by atoms with Gasteiger partial charge in [-0.25, -0.2) is 0 Å². The standard InChI is InChI=1S/C13H15BrN2O/c1-3-16-13(11-4-5-12(14)17-11)10-8-15-7-6-9(10)2/h4-8,13,16H,3H2,1-2H3. The van der Waals surface area contributed by atoms with Crippen LogP contribution in [0.25, 0.3) is 0 Å². The van der Waals surface area contributed by atoms with E-state index in [1.165, 1.54) is 5.56 Å². The maximum atomic E-state index is 5.63. The minimum Gasteiger partial charge on any atom is -0.452 e. The molecule has 1 atom stereocenters. The Morgan fingerprint density at radius 2 is 2.24 bits per heavy atom. The normalized spacial score (nSPS) is 12.6. The number of nitrogens with one attached hydrogen (secondary N) is 1. The molecule has 0 saturated heterocycles. The highest BCUT2D eigenvalue weighted by molar-refractivity contribution is 9.10. The van der Waals surface area contributed by atoms with Gasteiger partial charge in [-0.15, -0.1) is 0 Å². The molecule has 2 rings (SSSR count). The van der Waals surface area contributed by atoms with Gasteiger partial charge in [0.15, 0.2) is 4.67 Å². The second-order valence-electron chi connectivity index (χ2n) is 3.86. The molecule has 0 bridgehead atoms. The van der Waals surface area contributed by atoms with Crippen LogP contribution in [-0.4, -0.2) is 11.5 Å². The first-order valence-corrected chi connectivity index (χ1v) is 6.40. The summed E-state index contributed by atoms with van der Waals surface area (Å²) >= 11 is 3.33. The van der Waals surface area contributed by atoms with Crippen molar-refractivity contribution in [2.75, 3.05) is 6.54 Å². The van der Waals surface area contributed by atoms with Crippen LogP contribution < -0.4 is 5.32 Å². The zero-order valence-corrected chi connectivity index (χ0v) is 11.5. The van der Waals surface area contributed by atoms with Crippen LogP contribution >= 0.6 is 15.9 Å². The van der Waals surface area contributed by atoms with Gasteiger partial charge in [-0.05, 0) is 58.7 Å². The van der Waals surface area contributed by atoms with Crippen molar-refractivity contribution in [2.24, 2.45) is 0 Å². The van der Waals surface area contributed by atoms with Crippen LogP contribution in [0.15, 0.2) is 39.7 Å². The van der Waals surface area contributed by atoms with Crippen LogP contribution in [0.3, 0.4) is 0 Å². The average Bonchev–Trinajstić information content (AvgIpc) is 2.74. The van der Waals surface area contributed by atoms with Crippen molar-refractivity contribution in [3.05, 3.63) is 52.1 Å². The molecule has 17 heavy (non-hydrogen) atoms. The molecule has 1 unspecified atom stereocenters. The third-order valence-electron chi connectivity index (χ3n) is 2.68. The number of halogens is 1. The first-order valence-electron chi connectivity index (χ1n) is 5.61. The lowest BCUT2D eigenvalue weighted by Gasteiger charge is -2.17. The summed E-state index contributed by atoms with van der Waals surface area (Å²) in [5.41, 5.74) is 2.36. The third-order valence-corrected chi connectivity index (χ3v) is 3.10. The molecule has 0 saturated carbocycles. The van der Waals surface area contributed by atoms with Gasteiger partial charge in [0.25, 0.3) is 0 Å². The Bertz CT molecular complexity index is 496. The number of pyridine rings is 1. The van der Waals surface area contributed by atoms with Crippen LogP contribution in [-0.2, 0) is 0 Å². The highest BCUT2D eigenvalue weighted by Gasteiger charge is 2.18. The number of nitrogens with zero attached hydrogens (tertiary/aromatic N) is 1. The van der Waals surface area contributed by atoms with Crippen molar-refractivity contribution in [3.8, 4) is 0 Å². The lowest BCUT2D eigenvalue weighted by atomic mass is 10.0. The summed E-state index contributed by atoms with van der Waals surface area (Å²) < 4.78 is 6.38. The number of furan rings is 1. The van der Waals surface area contributed by atoms with Crippen LogP contribution in [0.4, 0.5) is 0 Å². The highest BCUT2D eigenvalue weighted by Crippen LogP contribution is 2.27. The fourth-order valence-corrected chi connectivity index (χ4v) is 2.15.